The average molecular weight is 167 g/mol. The van der Waals surface area contributed by atoms with Gasteiger partial charge in [-0.15, -0.1) is 6.58 Å². The highest BCUT2D eigenvalue weighted by Crippen LogP contribution is 2.25. The first-order valence-electron chi connectivity index (χ1n) is 3.77. The van der Waals surface area contributed by atoms with Gasteiger partial charge >= 0.3 is 0 Å². The van der Waals surface area contributed by atoms with Crippen LogP contribution in [0.15, 0.2) is 23.3 Å². The van der Waals surface area contributed by atoms with E-state index in [1.165, 1.54) is 0 Å². The van der Waals surface area contributed by atoms with Crippen LogP contribution in [0.5, 0.6) is 5.75 Å². The van der Waals surface area contributed by atoms with E-state index in [9.17, 15) is 0 Å². The van der Waals surface area contributed by atoms with E-state index < -0.39 is 0 Å². The van der Waals surface area contributed by atoms with Crippen molar-refractivity contribution >= 4 is 0 Å². The molecule has 12 heavy (non-hydrogen) atoms. The van der Waals surface area contributed by atoms with Crippen molar-refractivity contribution in [3.8, 4) is 5.75 Å². The van der Waals surface area contributed by atoms with Gasteiger partial charge in [-0.1, -0.05) is 6.08 Å². The number of rotatable bonds is 4. The molecule has 2 N–H and O–H groups in total. The Bertz CT molecular complexity index is 265. The van der Waals surface area contributed by atoms with Crippen molar-refractivity contribution in [1.29, 1.82) is 0 Å². The highest BCUT2D eigenvalue weighted by molar-refractivity contribution is 5.36. The monoisotopic (exact) mass is 167 g/mol. The zero-order chi connectivity index (χ0) is 8.97. The maximum absolute atomic E-state index is 5.44. The molecule has 0 unspecified atom stereocenters. The summed E-state index contributed by atoms with van der Waals surface area (Å²) in [6.45, 7) is 4.00. The maximum Gasteiger partial charge on any atom is 0.164 e. The van der Waals surface area contributed by atoms with Gasteiger partial charge in [0, 0.05) is 5.56 Å². The Labute approximate surface area is 71.8 Å². The highest BCUT2D eigenvalue weighted by atomic mass is 16.5. The summed E-state index contributed by atoms with van der Waals surface area (Å²) < 4.78 is 10.3. The molecule has 1 heterocycles. The fraction of sp³-hybridized carbons (Fsp3) is 0.333. The van der Waals surface area contributed by atoms with Crippen LogP contribution in [0, 0.1) is 0 Å². The van der Waals surface area contributed by atoms with Gasteiger partial charge in [-0.25, -0.2) is 0 Å². The molecule has 0 bridgehead atoms. The van der Waals surface area contributed by atoms with E-state index in [1.54, 1.807) is 19.4 Å². The molecule has 0 atom stereocenters. The Morgan fingerprint density at radius 1 is 1.75 bits per heavy atom. The lowest BCUT2D eigenvalue weighted by molar-refractivity contribution is 0.389. The highest BCUT2D eigenvalue weighted by Gasteiger charge is 2.10. The molecule has 66 valence electrons. The van der Waals surface area contributed by atoms with Gasteiger partial charge in [-0.2, -0.15) is 0 Å². The quantitative estimate of drug-likeness (QED) is 0.691. The van der Waals surface area contributed by atoms with E-state index in [0.717, 1.165) is 17.7 Å². The van der Waals surface area contributed by atoms with Crippen LogP contribution in [0.4, 0.5) is 0 Å². The van der Waals surface area contributed by atoms with Gasteiger partial charge < -0.3 is 14.9 Å². The minimum atomic E-state index is 0.361. The van der Waals surface area contributed by atoms with Crippen molar-refractivity contribution < 1.29 is 9.15 Å². The first-order chi connectivity index (χ1) is 5.83. The molecule has 3 nitrogen and oxygen atoms in total. The second-order valence-electron chi connectivity index (χ2n) is 2.41. The number of ether oxygens (including phenoxy) is 1. The Balaban J connectivity index is 2.95. The number of methoxy groups -OCH3 is 1. The van der Waals surface area contributed by atoms with Crippen LogP contribution in [-0.2, 0) is 13.0 Å². The second kappa shape index (κ2) is 3.97. The van der Waals surface area contributed by atoms with Crippen LogP contribution in [0.1, 0.15) is 11.3 Å². The molecule has 0 amide bonds. The summed E-state index contributed by atoms with van der Waals surface area (Å²) in [7, 11) is 1.61. The fourth-order valence-corrected chi connectivity index (χ4v) is 1.11. The van der Waals surface area contributed by atoms with E-state index in [-0.39, 0.29) is 0 Å². The summed E-state index contributed by atoms with van der Waals surface area (Å²) in [6.07, 6.45) is 4.20. The standard InChI is InChI=1S/C9H13NO2/c1-3-4-7-6-12-8(5-10)9(7)11-2/h3,6H,1,4-5,10H2,2H3. The topological polar surface area (TPSA) is 48.4 Å². The molecule has 1 aromatic rings. The van der Waals surface area contributed by atoms with Crippen molar-refractivity contribution in [3.05, 3.63) is 30.2 Å². The molecular formula is C9H13NO2. The van der Waals surface area contributed by atoms with Gasteiger partial charge in [0.05, 0.1) is 19.9 Å². The number of nitrogens with two attached hydrogens (primary N) is 1. The number of hydrogen-bond donors (Lipinski definition) is 1. The molecule has 3 heteroatoms. The fourth-order valence-electron chi connectivity index (χ4n) is 1.11. The number of allylic oxidation sites excluding steroid dienone is 1. The first kappa shape index (κ1) is 8.87. The summed E-state index contributed by atoms with van der Waals surface area (Å²) in [5, 5.41) is 0. The van der Waals surface area contributed by atoms with Gasteiger partial charge in [0.15, 0.2) is 11.5 Å². The SMILES string of the molecule is C=CCc1coc(CN)c1OC. The van der Waals surface area contributed by atoms with Crippen molar-refractivity contribution in [2.45, 2.75) is 13.0 Å². The summed E-state index contributed by atoms with van der Waals surface area (Å²) in [6, 6.07) is 0. The zero-order valence-corrected chi connectivity index (χ0v) is 7.17. The van der Waals surface area contributed by atoms with Crippen LogP contribution in [0.25, 0.3) is 0 Å². The Kier molecular flexibility index (Phi) is 2.94. The van der Waals surface area contributed by atoms with Crippen LogP contribution < -0.4 is 10.5 Å². The molecule has 0 aromatic carbocycles. The average Bonchev–Trinajstić information content (AvgIpc) is 2.47. The van der Waals surface area contributed by atoms with Crippen LogP contribution in [0.3, 0.4) is 0 Å². The Morgan fingerprint density at radius 3 is 3.00 bits per heavy atom. The van der Waals surface area contributed by atoms with Gasteiger partial charge in [0.25, 0.3) is 0 Å². The lowest BCUT2D eigenvalue weighted by Gasteiger charge is -2.00. The van der Waals surface area contributed by atoms with Crippen LogP contribution in [0.2, 0.25) is 0 Å². The number of hydrogen-bond acceptors (Lipinski definition) is 3. The molecule has 0 saturated carbocycles. The van der Waals surface area contributed by atoms with E-state index >= 15 is 0 Å². The van der Waals surface area contributed by atoms with Gasteiger partial charge in [-0.3, -0.25) is 0 Å². The van der Waals surface area contributed by atoms with Crippen LogP contribution >= 0.6 is 0 Å². The van der Waals surface area contributed by atoms with Gasteiger partial charge in [-0.05, 0) is 6.42 Å². The molecule has 0 aliphatic heterocycles. The summed E-state index contributed by atoms with van der Waals surface area (Å²) in [4.78, 5) is 0. The van der Waals surface area contributed by atoms with E-state index in [0.29, 0.717) is 12.3 Å². The predicted molar refractivity (Wildman–Crippen MR) is 47.1 cm³/mol. The third-order valence-corrected chi connectivity index (χ3v) is 1.64. The molecule has 0 spiro atoms. The molecule has 1 rings (SSSR count). The minimum absolute atomic E-state index is 0.361. The largest absolute Gasteiger partial charge is 0.493 e. The minimum Gasteiger partial charge on any atom is -0.493 e. The third kappa shape index (κ3) is 1.51. The second-order valence-corrected chi connectivity index (χ2v) is 2.41. The third-order valence-electron chi connectivity index (χ3n) is 1.64. The maximum atomic E-state index is 5.44. The summed E-state index contributed by atoms with van der Waals surface area (Å²) >= 11 is 0. The lowest BCUT2D eigenvalue weighted by atomic mass is 10.2. The van der Waals surface area contributed by atoms with Gasteiger partial charge in [0.2, 0.25) is 0 Å². The van der Waals surface area contributed by atoms with Crippen molar-refractivity contribution in [1.82, 2.24) is 0 Å². The van der Waals surface area contributed by atoms with Crippen molar-refractivity contribution in [2.24, 2.45) is 5.73 Å². The Hall–Kier alpha value is -1.22. The molecule has 0 radical (unpaired) electrons. The number of furan rings is 1. The zero-order valence-electron chi connectivity index (χ0n) is 7.17. The molecule has 0 saturated heterocycles. The van der Waals surface area contributed by atoms with Crippen molar-refractivity contribution in [2.75, 3.05) is 7.11 Å². The lowest BCUT2D eigenvalue weighted by Crippen LogP contribution is -1.97. The summed E-state index contributed by atoms with van der Waals surface area (Å²) in [5.41, 5.74) is 6.43. The van der Waals surface area contributed by atoms with Crippen LogP contribution in [-0.4, -0.2) is 7.11 Å². The Morgan fingerprint density at radius 2 is 2.50 bits per heavy atom. The molecule has 0 aliphatic carbocycles. The smallest absolute Gasteiger partial charge is 0.164 e. The van der Waals surface area contributed by atoms with E-state index in [1.807, 2.05) is 0 Å². The van der Waals surface area contributed by atoms with E-state index in [2.05, 4.69) is 6.58 Å². The molecule has 1 aromatic heterocycles. The molecule has 0 fully saturated rings. The van der Waals surface area contributed by atoms with Gasteiger partial charge in [0.1, 0.15) is 0 Å². The van der Waals surface area contributed by atoms with Crippen molar-refractivity contribution in [3.63, 3.8) is 0 Å². The summed E-state index contributed by atoms with van der Waals surface area (Å²) in [5.74, 6) is 1.44. The predicted octanol–water partition coefficient (Wildman–Crippen LogP) is 1.48. The van der Waals surface area contributed by atoms with E-state index in [4.69, 9.17) is 14.9 Å². The molecular weight excluding hydrogens is 154 g/mol. The normalized spacial score (nSPS) is 9.83. The molecule has 0 aliphatic rings. The first-order valence-corrected chi connectivity index (χ1v) is 3.77.